The summed E-state index contributed by atoms with van der Waals surface area (Å²) in [5.41, 5.74) is 6.93. The number of nitro benzene ring substituents is 1. The molecule has 8 heteroatoms. The largest absolute Gasteiger partial charge is 0.468 e. The zero-order chi connectivity index (χ0) is 14.0. The number of carbonyl (C=O) groups is 1. The lowest BCUT2D eigenvalue weighted by molar-refractivity contribution is -0.383. The Morgan fingerprint density at radius 3 is 2.85 bits per heavy atom. The number of nitrogens with zero attached hydrogens (tertiary/aromatic N) is 1. The summed E-state index contributed by atoms with van der Waals surface area (Å²) in [6, 6.07) is 3.91. The fourth-order valence-corrected chi connectivity index (χ4v) is 2.02. The number of halogens is 1. The Balaban J connectivity index is 0.00000200. The van der Waals surface area contributed by atoms with E-state index >= 15 is 0 Å². The number of rotatable bonds is 4. The van der Waals surface area contributed by atoms with Crippen molar-refractivity contribution in [3.8, 4) is 0 Å². The molecule has 0 spiro atoms. The molecule has 0 aliphatic carbocycles. The number of aromatic nitrogens is 1. The van der Waals surface area contributed by atoms with Crippen molar-refractivity contribution >= 4 is 35.0 Å². The van der Waals surface area contributed by atoms with Gasteiger partial charge in [0.15, 0.2) is 0 Å². The standard InChI is InChI=1S/C12H13N3O4.ClH/c1-19-12(16)8(13)5-7-6-14-9-3-2-4-10(11(7)9)15(17)18;/h2-4,6,8,14H,5,13H2,1H3;1H. The molecular formula is C12H14ClN3O4. The number of aromatic amines is 1. The second kappa shape index (κ2) is 6.36. The van der Waals surface area contributed by atoms with E-state index in [-0.39, 0.29) is 24.5 Å². The fraction of sp³-hybridized carbons (Fsp3) is 0.250. The van der Waals surface area contributed by atoms with Crippen molar-refractivity contribution in [2.24, 2.45) is 5.73 Å². The lowest BCUT2D eigenvalue weighted by atomic mass is 10.0. The highest BCUT2D eigenvalue weighted by Gasteiger charge is 2.21. The third kappa shape index (κ3) is 2.89. The monoisotopic (exact) mass is 299 g/mol. The number of H-pyrrole nitrogens is 1. The highest BCUT2D eigenvalue weighted by atomic mass is 35.5. The first-order valence-corrected chi connectivity index (χ1v) is 5.61. The Bertz CT molecular complexity index is 641. The maximum absolute atomic E-state index is 11.3. The molecule has 0 bridgehead atoms. The van der Waals surface area contributed by atoms with E-state index in [9.17, 15) is 14.9 Å². The molecule has 0 saturated heterocycles. The van der Waals surface area contributed by atoms with Crippen LogP contribution in [0.5, 0.6) is 0 Å². The van der Waals surface area contributed by atoms with Crippen LogP contribution in [0.15, 0.2) is 24.4 Å². The molecule has 1 unspecified atom stereocenters. The van der Waals surface area contributed by atoms with Crippen LogP contribution in [0.2, 0.25) is 0 Å². The fourth-order valence-electron chi connectivity index (χ4n) is 2.02. The van der Waals surface area contributed by atoms with Crippen molar-refractivity contribution in [1.82, 2.24) is 4.98 Å². The van der Waals surface area contributed by atoms with Crippen LogP contribution in [0, 0.1) is 10.1 Å². The summed E-state index contributed by atoms with van der Waals surface area (Å²) in [5, 5.41) is 11.5. The molecular weight excluding hydrogens is 286 g/mol. The molecule has 3 N–H and O–H groups in total. The maximum atomic E-state index is 11.3. The lowest BCUT2D eigenvalue weighted by Gasteiger charge is -2.08. The van der Waals surface area contributed by atoms with Crippen LogP contribution in [-0.4, -0.2) is 29.0 Å². The molecule has 1 atom stereocenters. The van der Waals surface area contributed by atoms with Gasteiger partial charge < -0.3 is 15.5 Å². The van der Waals surface area contributed by atoms with Gasteiger partial charge in [-0.25, -0.2) is 0 Å². The average molecular weight is 300 g/mol. The molecule has 2 rings (SSSR count). The predicted molar refractivity (Wildman–Crippen MR) is 75.9 cm³/mol. The van der Waals surface area contributed by atoms with E-state index in [2.05, 4.69) is 9.72 Å². The van der Waals surface area contributed by atoms with Gasteiger partial charge in [0.25, 0.3) is 5.69 Å². The number of nitrogens with two attached hydrogens (primary N) is 1. The van der Waals surface area contributed by atoms with Gasteiger partial charge in [0, 0.05) is 18.7 Å². The molecule has 7 nitrogen and oxygen atoms in total. The third-order valence-corrected chi connectivity index (χ3v) is 2.91. The zero-order valence-corrected chi connectivity index (χ0v) is 11.5. The number of carbonyl (C=O) groups excluding carboxylic acids is 1. The Hall–Kier alpha value is -2.12. The Labute approximate surface area is 120 Å². The average Bonchev–Trinajstić information content (AvgIpc) is 2.80. The van der Waals surface area contributed by atoms with Gasteiger partial charge in [0.2, 0.25) is 0 Å². The number of methoxy groups -OCH3 is 1. The van der Waals surface area contributed by atoms with Crippen LogP contribution in [-0.2, 0) is 16.0 Å². The number of hydrogen-bond donors (Lipinski definition) is 2. The first-order valence-electron chi connectivity index (χ1n) is 5.61. The first kappa shape index (κ1) is 15.9. The number of benzene rings is 1. The second-order valence-electron chi connectivity index (χ2n) is 4.10. The molecule has 1 heterocycles. The van der Waals surface area contributed by atoms with Gasteiger partial charge in [-0.15, -0.1) is 12.4 Å². The lowest BCUT2D eigenvalue weighted by Crippen LogP contribution is -2.33. The predicted octanol–water partition coefficient (Wildman–Crippen LogP) is 1.54. The third-order valence-electron chi connectivity index (χ3n) is 2.91. The maximum Gasteiger partial charge on any atom is 0.322 e. The summed E-state index contributed by atoms with van der Waals surface area (Å²) in [7, 11) is 1.25. The van der Waals surface area contributed by atoms with Crippen LogP contribution >= 0.6 is 12.4 Å². The smallest absolute Gasteiger partial charge is 0.322 e. The molecule has 108 valence electrons. The van der Waals surface area contributed by atoms with Gasteiger partial charge in [0.1, 0.15) is 6.04 Å². The molecule has 2 aromatic rings. The zero-order valence-electron chi connectivity index (χ0n) is 10.7. The van der Waals surface area contributed by atoms with Crippen LogP contribution in [0.1, 0.15) is 5.56 Å². The quantitative estimate of drug-likeness (QED) is 0.505. The number of non-ortho nitro benzene ring substituents is 1. The summed E-state index contributed by atoms with van der Waals surface area (Å²) in [6.07, 6.45) is 1.80. The number of hydrogen-bond acceptors (Lipinski definition) is 5. The van der Waals surface area contributed by atoms with Crippen LogP contribution in [0.4, 0.5) is 5.69 Å². The summed E-state index contributed by atoms with van der Waals surface area (Å²) in [5.74, 6) is -0.548. The minimum absolute atomic E-state index is 0. The van der Waals surface area contributed by atoms with Gasteiger partial charge in [-0.05, 0) is 11.6 Å². The summed E-state index contributed by atoms with van der Waals surface area (Å²) in [6.45, 7) is 0. The molecule has 20 heavy (non-hydrogen) atoms. The SMILES string of the molecule is COC(=O)C(N)Cc1c[nH]c2cccc([N+](=O)[O-])c12.Cl. The van der Waals surface area contributed by atoms with Crippen molar-refractivity contribution in [3.63, 3.8) is 0 Å². The van der Waals surface area contributed by atoms with Crippen molar-refractivity contribution in [3.05, 3.63) is 40.1 Å². The van der Waals surface area contributed by atoms with Gasteiger partial charge in [0.05, 0.1) is 22.9 Å². The van der Waals surface area contributed by atoms with Crippen LogP contribution in [0.3, 0.4) is 0 Å². The van der Waals surface area contributed by atoms with Crippen LogP contribution in [0.25, 0.3) is 10.9 Å². The van der Waals surface area contributed by atoms with E-state index in [1.807, 2.05) is 0 Å². The van der Waals surface area contributed by atoms with Gasteiger partial charge in [-0.1, -0.05) is 6.07 Å². The Morgan fingerprint density at radius 1 is 1.55 bits per heavy atom. The number of ether oxygens (including phenoxy) is 1. The number of fused-ring (bicyclic) bond motifs is 1. The van der Waals surface area contributed by atoms with E-state index in [4.69, 9.17) is 5.73 Å². The molecule has 0 aliphatic rings. The number of esters is 1. The van der Waals surface area contributed by atoms with E-state index in [0.29, 0.717) is 16.5 Å². The molecule has 0 saturated carbocycles. The van der Waals surface area contributed by atoms with E-state index < -0.39 is 16.9 Å². The first-order chi connectivity index (χ1) is 9.04. The molecule has 0 fully saturated rings. The number of nitrogens with one attached hydrogen (secondary N) is 1. The summed E-state index contributed by atoms with van der Waals surface area (Å²) < 4.78 is 4.54. The highest BCUT2D eigenvalue weighted by molar-refractivity contribution is 5.92. The second-order valence-corrected chi connectivity index (χ2v) is 4.10. The van der Waals surface area contributed by atoms with Crippen molar-refractivity contribution in [2.75, 3.05) is 7.11 Å². The topological polar surface area (TPSA) is 111 Å². The molecule has 1 aromatic heterocycles. The molecule has 0 amide bonds. The Kier molecular flexibility index (Phi) is 5.06. The van der Waals surface area contributed by atoms with Gasteiger partial charge in [-0.3, -0.25) is 14.9 Å². The minimum atomic E-state index is -0.844. The van der Waals surface area contributed by atoms with E-state index in [1.165, 1.54) is 13.2 Å². The summed E-state index contributed by atoms with van der Waals surface area (Å²) >= 11 is 0. The molecule has 1 aromatic carbocycles. The van der Waals surface area contributed by atoms with Gasteiger partial charge >= 0.3 is 5.97 Å². The van der Waals surface area contributed by atoms with Crippen LogP contribution < -0.4 is 5.73 Å². The summed E-state index contributed by atoms with van der Waals surface area (Å²) in [4.78, 5) is 24.8. The van der Waals surface area contributed by atoms with Crippen molar-refractivity contribution in [2.45, 2.75) is 12.5 Å². The molecule has 0 aliphatic heterocycles. The molecule has 0 radical (unpaired) electrons. The van der Waals surface area contributed by atoms with Crippen molar-refractivity contribution < 1.29 is 14.5 Å². The van der Waals surface area contributed by atoms with Gasteiger partial charge in [-0.2, -0.15) is 0 Å². The minimum Gasteiger partial charge on any atom is -0.468 e. The normalized spacial score (nSPS) is 11.7. The van der Waals surface area contributed by atoms with E-state index in [0.717, 1.165) is 0 Å². The number of nitro groups is 1. The Morgan fingerprint density at radius 2 is 2.25 bits per heavy atom. The highest BCUT2D eigenvalue weighted by Crippen LogP contribution is 2.29. The van der Waals surface area contributed by atoms with E-state index in [1.54, 1.807) is 18.3 Å². The van der Waals surface area contributed by atoms with Crippen molar-refractivity contribution in [1.29, 1.82) is 0 Å².